The van der Waals surface area contributed by atoms with E-state index in [1.807, 2.05) is 0 Å². The molecule has 0 spiro atoms. The quantitative estimate of drug-likeness (QED) is 0.795. The molecule has 2 aromatic rings. The minimum Gasteiger partial charge on any atom is -0.492 e. The van der Waals surface area contributed by atoms with Crippen LogP contribution in [0.5, 0.6) is 5.75 Å². The number of rotatable bonds is 4. The Balaban J connectivity index is 2.44. The summed E-state index contributed by atoms with van der Waals surface area (Å²) in [5.41, 5.74) is -0.542. The van der Waals surface area contributed by atoms with Gasteiger partial charge in [-0.05, 0) is 25.1 Å². The van der Waals surface area contributed by atoms with Crippen LogP contribution in [0.1, 0.15) is 22.8 Å². The highest BCUT2D eigenvalue weighted by molar-refractivity contribution is 9.10. The second kappa shape index (κ2) is 6.09. The summed E-state index contributed by atoms with van der Waals surface area (Å²) in [5, 5.41) is 0. The number of halogens is 3. The molecule has 0 aliphatic rings. The Hall–Kier alpha value is -1.82. The van der Waals surface area contributed by atoms with Crippen LogP contribution in [0.2, 0.25) is 0 Å². The Bertz CT molecular complexity index is 638. The number of nitrogens with zero attached hydrogens (tertiary/aromatic N) is 1. The maximum Gasteiger partial charge on any atom is 0.200 e. The minimum atomic E-state index is -0.927. The van der Waals surface area contributed by atoms with E-state index in [1.54, 1.807) is 6.92 Å². The van der Waals surface area contributed by atoms with Gasteiger partial charge in [0.2, 0.25) is 5.78 Å². The molecule has 0 saturated heterocycles. The number of benzene rings is 1. The van der Waals surface area contributed by atoms with Crippen molar-refractivity contribution in [3.05, 3.63) is 57.8 Å². The van der Waals surface area contributed by atoms with Crippen molar-refractivity contribution in [1.29, 1.82) is 0 Å². The fourth-order valence-electron chi connectivity index (χ4n) is 1.69. The van der Waals surface area contributed by atoms with E-state index in [0.717, 1.165) is 12.1 Å². The molecule has 0 saturated carbocycles. The van der Waals surface area contributed by atoms with Gasteiger partial charge in [0, 0.05) is 16.2 Å². The molecule has 0 radical (unpaired) electrons. The van der Waals surface area contributed by atoms with Crippen molar-refractivity contribution >= 4 is 21.7 Å². The SMILES string of the molecule is CCOc1cncc(C(=O)c2c(F)cc(Br)cc2F)c1. The lowest BCUT2D eigenvalue weighted by atomic mass is 10.0. The second-order valence-electron chi connectivity index (χ2n) is 3.92. The van der Waals surface area contributed by atoms with E-state index >= 15 is 0 Å². The zero-order valence-corrected chi connectivity index (χ0v) is 12.1. The van der Waals surface area contributed by atoms with Gasteiger partial charge in [-0.15, -0.1) is 0 Å². The van der Waals surface area contributed by atoms with Crippen LogP contribution in [0.25, 0.3) is 0 Å². The maximum absolute atomic E-state index is 13.8. The summed E-state index contributed by atoms with van der Waals surface area (Å²) in [4.78, 5) is 16.0. The van der Waals surface area contributed by atoms with Gasteiger partial charge in [0.15, 0.2) is 0 Å². The number of ketones is 1. The van der Waals surface area contributed by atoms with Crippen LogP contribution in [0.15, 0.2) is 35.1 Å². The molecule has 0 amide bonds. The van der Waals surface area contributed by atoms with Crippen LogP contribution in [0, 0.1) is 11.6 Å². The zero-order chi connectivity index (χ0) is 14.7. The van der Waals surface area contributed by atoms with Gasteiger partial charge in [-0.2, -0.15) is 0 Å². The molecule has 0 unspecified atom stereocenters. The van der Waals surface area contributed by atoms with Crippen molar-refractivity contribution in [2.24, 2.45) is 0 Å². The summed E-state index contributed by atoms with van der Waals surface area (Å²) in [7, 11) is 0. The van der Waals surface area contributed by atoms with Gasteiger partial charge < -0.3 is 4.74 Å². The van der Waals surface area contributed by atoms with E-state index in [0.29, 0.717) is 12.4 Å². The molecule has 0 atom stereocenters. The third kappa shape index (κ3) is 3.01. The Morgan fingerprint density at radius 1 is 1.25 bits per heavy atom. The Morgan fingerprint density at radius 2 is 1.90 bits per heavy atom. The van der Waals surface area contributed by atoms with Gasteiger partial charge >= 0.3 is 0 Å². The van der Waals surface area contributed by atoms with Gasteiger partial charge in [0.1, 0.15) is 17.4 Å². The van der Waals surface area contributed by atoms with Crippen molar-refractivity contribution < 1.29 is 18.3 Å². The van der Waals surface area contributed by atoms with Crippen LogP contribution in [-0.2, 0) is 0 Å². The number of aromatic nitrogens is 1. The van der Waals surface area contributed by atoms with Crippen LogP contribution >= 0.6 is 15.9 Å². The topological polar surface area (TPSA) is 39.2 Å². The predicted molar refractivity (Wildman–Crippen MR) is 72.9 cm³/mol. The maximum atomic E-state index is 13.8. The van der Waals surface area contributed by atoms with Crippen molar-refractivity contribution in [2.75, 3.05) is 6.61 Å². The molecule has 6 heteroatoms. The first-order valence-corrected chi connectivity index (χ1v) is 6.59. The van der Waals surface area contributed by atoms with Gasteiger partial charge in [0.05, 0.1) is 18.4 Å². The van der Waals surface area contributed by atoms with Crippen LogP contribution in [0.4, 0.5) is 8.78 Å². The van der Waals surface area contributed by atoms with Crippen molar-refractivity contribution in [1.82, 2.24) is 4.98 Å². The van der Waals surface area contributed by atoms with E-state index in [4.69, 9.17) is 4.74 Å². The lowest BCUT2D eigenvalue weighted by Crippen LogP contribution is -2.08. The molecule has 2 rings (SSSR count). The average molecular weight is 342 g/mol. The fraction of sp³-hybridized carbons (Fsp3) is 0.143. The molecule has 0 aliphatic heterocycles. The minimum absolute atomic E-state index is 0.0658. The lowest BCUT2D eigenvalue weighted by molar-refractivity contribution is 0.103. The van der Waals surface area contributed by atoms with Crippen molar-refractivity contribution in [3.63, 3.8) is 0 Å². The molecule has 1 aromatic heterocycles. The summed E-state index contributed by atoms with van der Waals surface area (Å²) in [6.07, 6.45) is 2.67. The first kappa shape index (κ1) is 14.6. The lowest BCUT2D eigenvalue weighted by Gasteiger charge is -2.07. The van der Waals surface area contributed by atoms with E-state index < -0.39 is 23.0 Å². The van der Waals surface area contributed by atoms with E-state index in [2.05, 4.69) is 20.9 Å². The van der Waals surface area contributed by atoms with Crippen LogP contribution in [-0.4, -0.2) is 17.4 Å². The fourth-order valence-corrected chi connectivity index (χ4v) is 2.09. The summed E-state index contributed by atoms with van der Waals surface area (Å²) in [6, 6.07) is 3.48. The zero-order valence-electron chi connectivity index (χ0n) is 10.5. The smallest absolute Gasteiger partial charge is 0.200 e. The summed E-state index contributed by atoms with van der Waals surface area (Å²) < 4.78 is 32.9. The highest BCUT2D eigenvalue weighted by Gasteiger charge is 2.20. The number of pyridine rings is 1. The molecular weight excluding hydrogens is 332 g/mol. The molecule has 1 heterocycles. The van der Waals surface area contributed by atoms with Crippen molar-refractivity contribution in [2.45, 2.75) is 6.92 Å². The van der Waals surface area contributed by atoms with Crippen LogP contribution in [0.3, 0.4) is 0 Å². The second-order valence-corrected chi connectivity index (χ2v) is 4.83. The summed E-state index contributed by atoms with van der Waals surface area (Å²) in [6.45, 7) is 2.18. The average Bonchev–Trinajstić information content (AvgIpc) is 2.38. The van der Waals surface area contributed by atoms with Gasteiger partial charge in [-0.3, -0.25) is 9.78 Å². The normalized spacial score (nSPS) is 10.4. The highest BCUT2D eigenvalue weighted by Crippen LogP contribution is 2.23. The van der Waals surface area contributed by atoms with E-state index in [-0.39, 0.29) is 10.0 Å². The molecule has 0 fully saturated rings. The van der Waals surface area contributed by atoms with E-state index in [9.17, 15) is 13.6 Å². The Labute approximate surface area is 122 Å². The highest BCUT2D eigenvalue weighted by atomic mass is 79.9. The molecule has 0 N–H and O–H groups in total. The molecule has 0 bridgehead atoms. The molecular formula is C14H10BrF2NO2. The molecule has 104 valence electrons. The Morgan fingerprint density at radius 3 is 2.50 bits per heavy atom. The van der Waals surface area contributed by atoms with E-state index in [1.165, 1.54) is 18.5 Å². The van der Waals surface area contributed by atoms with Gasteiger partial charge in [-0.1, -0.05) is 15.9 Å². The third-order valence-electron chi connectivity index (χ3n) is 2.52. The van der Waals surface area contributed by atoms with Gasteiger partial charge in [0.25, 0.3) is 0 Å². The summed E-state index contributed by atoms with van der Waals surface area (Å²) in [5.74, 6) is -2.26. The number of carbonyl (C=O) groups is 1. The number of carbonyl (C=O) groups excluding carboxylic acids is 1. The largest absolute Gasteiger partial charge is 0.492 e. The molecule has 0 aliphatic carbocycles. The van der Waals surface area contributed by atoms with Crippen LogP contribution < -0.4 is 4.74 Å². The Kier molecular flexibility index (Phi) is 4.44. The first-order chi connectivity index (χ1) is 9.52. The number of hydrogen-bond acceptors (Lipinski definition) is 3. The van der Waals surface area contributed by atoms with Crippen molar-refractivity contribution in [3.8, 4) is 5.75 Å². The first-order valence-electron chi connectivity index (χ1n) is 5.80. The number of hydrogen-bond donors (Lipinski definition) is 0. The van der Waals surface area contributed by atoms with Gasteiger partial charge in [-0.25, -0.2) is 8.78 Å². The standard InChI is InChI=1S/C14H10BrF2NO2/c1-2-20-10-3-8(6-18-7-10)14(19)13-11(16)4-9(15)5-12(13)17/h3-7H,2H2,1H3. The molecule has 1 aromatic carbocycles. The predicted octanol–water partition coefficient (Wildman–Crippen LogP) is 3.75. The number of ether oxygens (including phenoxy) is 1. The molecule has 20 heavy (non-hydrogen) atoms. The monoisotopic (exact) mass is 341 g/mol. The summed E-state index contributed by atoms with van der Waals surface area (Å²) >= 11 is 2.96. The third-order valence-corrected chi connectivity index (χ3v) is 2.98. The molecule has 3 nitrogen and oxygen atoms in total.